The van der Waals surface area contributed by atoms with Crippen LogP contribution < -0.4 is 5.32 Å². The molecule has 2 aromatic rings. The number of nitrogens with one attached hydrogen (secondary N) is 1. The molecule has 3 aliphatic rings. The number of rotatable bonds is 3. The number of hydrogen-bond acceptors (Lipinski definition) is 7. The van der Waals surface area contributed by atoms with Crippen molar-refractivity contribution in [3.05, 3.63) is 48.0 Å². The summed E-state index contributed by atoms with van der Waals surface area (Å²) in [4.78, 5) is 53.8. The van der Waals surface area contributed by atoms with Crippen molar-refractivity contribution < 1.29 is 28.7 Å². The third-order valence-corrected chi connectivity index (χ3v) is 7.79. The quantitative estimate of drug-likeness (QED) is 0.618. The molecule has 5 rings (SSSR count). The van der Waals surface area contributed by atoms with Crippen molar-refractivity contribution in [1.82, 2.24) is 15.3 Å². The Labute approximate surface area is 222 Å². The lowest BCUT2D eigenvalue weighted by Crippen LogP contribution is -2.65. The van der Waals surface area contributed by atoms with Crippen molar-refractivity contribution in [3.8, 4) is 0 Å². The van der Waals surface area contributed by atoms with Gasteiger partial charge in [0.2, 0.25) is 5.91 Å². The molecule has 9 heteroatoms. The van der Waals surface area contributed by atoms with Gasteiger partial charge >= 0.3 is 11.9 Å². The lowest BCUT2D eigenvalue weighted by Gasteiger charge is -2.44. The predicted octanol–water partition coefficient (Wildman–Crippen LogP) is 3.27. The van der Waals surface area contributed by atoms with Crippen molar-refractivity contribution in [2.45, 2.75) is 76.1 Å². The molecule has 3 saturated heterocycles. The van der Waals surface area contributed by atoms with Crippen LogP contribution >= 0.6 is 0 Å². The number of fused-ring (bicyclic) bond motifs is 2. The first-order valence-electron chi connectivity index (χ1n) is 13.2. The largest absolute Gasteiger partial charge is 0.469 e. The standard InChI is InChI=1S/C29H35N3O6/c1-28(2,3)38-26(35)22-10-7-15-31-23(33)13-14-29(27(36)32(22)31)17-21(25(34)37-4)24(30-29)20-12-11-18-8-5-6-9-19(18)16-20/h5-6,8-9,11-12,16,21-22,24,30H,7,10,13-15,17H2,1-4H3/t21-,22+,24-,29-/m1/s1. The third-order valence-electron chi connectivity index (χ3n) is 7.79. The summed E-state index contributed by atoms with van der Waals surface area (Å²) >= 11 is 0. The molecular weight excluding hydrogens is 486 g/mol. The van der Waals surface area contributed by atoms with E-state index in [-0.39, 0.29) is 31.1 Å². The van der Waals surface area contributed by atoms with Crippen LogP contribution in [0.25, 0.3) is 10.8 Å². The van der Waals surface area contributed by atoms with Crippen LogP contribution in [-0.4, -0.2) is 64.6 Å². The fourth-order valence-electron chi connectivity index (χ4n) is 6.05. The van der Waals surface area contributed by atoms with E-state index < -0.39 is 41.1 Å². The smallest absolute Gasteiger partial charge is 0.331 e. The van der Waals surface area contributed by atoms with Crippen molar-refractivity contribution >= 4 is 34.5 Å². The van der Waals surface area contributed by atoms with Gasteiger partial charge in [0.05, 0.1) is 13.0 Å². The second kappa shape index (κ2) is 9.69. The fraction of sp³-hybridized carbons (Fsp3) is 0.517. The van der Waals surface area contributed by atoms with Crippen LogP contribution in [0, 0.1) is 5.92 Å². The molecule has 3 fully saturated rings. The molecule has 4 atom stereocenters. The zero-order chi connectivity index (χ0) is 27.2. The number of amides is 2. The summed E-state index contributed by atoms with van der Waals surface area (Å²) in [5, 5.41) is 8.30. The number of benzene rings is 2. The van der Waals surface area contributed by atoms with Gasteiger partial charge in [0.1, 0.15) is 11.1 Å². The summed E-state index contributed by atoms with van der Waals surface area (Å²) in [5.74, 6) is -2.19. The molecule has 1 N–H and O–H groups in total. The van der Waals surface area contributed by atoms with Gasteiger partial charge in [-0.1, -0.05) is 36.4 Å². The minimum absolute atomic E-state index is 0.120. The highest BCUT2D eigenvalue weighted by atomic mass is 16.6. The molecule has 0 unspecified atom stereocenters. The molecule has 0 bridgehead atoms. The Morgan fingerprint density at radius 3 is 2.50 bits per heavy atom. The van der Waals surface area contributed by atoms with E-state index in [1.807, 2.05) is 42.5 Å². The van der Waals surface area contributed by atoms with Gasteiger partial charge in [-0.3, -0.25) is 24.7 Å². The molecule has 9 nitrogen and oxygen atoms in total. The highest BCUT2D eigenvalue weighted by molar-refractivity contribution is 5.96. The van der Waals surface area contributed by atoms with Gasteiger partial charge < -0.3 is 9.47 Å². The predicted molar refractivity (Wildman–Crippen MR) is 139 cm³/mol. The van der Waals surface area contributed by atoms with E-state index in [1.54, 1.807) is 20.8 Å². The van der Waals surface area contributed by atoms with Crippen LogP contribution in [0.2, 0.25) is 0 Å². The molecule has 0 radical (unpaired) electrons. The van der Waals surface area contributed by atoms with Crippen LogP contribution in [0.5, 0.6) is 0 Å². The summed E-state index contributed by atoms with van der Waals surface area (Å²) in [5.41, 5.74) is -1.09. The summed E-state index contributed by atoms with van der Waals surface area (Å²) in [7, 11) is 1.34. The van der Waals surface area contributed by atoms with Crippen LogP contribution in [-0.2, 0) is 28.7 Å². The molecule has 0 saturated carbocycles. The molecule has 202 valence electrons. The number of methoxy groups -OCH3 is 1. The average Bonchev–Trinajstić information content (AvgIpc) is 3.26. The maximum absolute atomic E-state index is 14.4. The normalized spacial score (nSPS) is 27.8. The van der Waals surface area contributed by atoms with E-state index in [2.05, 4.69) is 5.32 Å². The van der Waals surface area contributed by atoms with Crippen molar-refractivity contribution in [2.24, 2.45) is 5.92 Å². The van der Waals surface area contributed by atoms with Crippen LogP contribution in [0.15, 0.2) is 42.5 Å². The first-order valence-corrected chi connectivity index (χ1v) is 13.2. The van der Waals surface area contributed by atoms with Gasteiger partial charge in [-0.05, 0) is 68.9 Å². The average molecular weight is 522 g/mol. The highest BCUT2D eigenvalue weighted by Gasteiger charge is 2.58. The van der Waals surface area contributed by atoms with Crippen LogP contribution in [0.3, 0.4) is 0 Å². The van der Waals surface area contributed by atoms with Gasteiger partial charge in [0, 0.05) is 19.0 Å². The SMILES string of the molecule is COC(=O)[C@@H]1C[C@@]2(CCC(=O)N3CCC[C@@H](C(=O)OC(C)(C)C)N3C2=O)N[C@@H]1c1ccc2ccccc2c1. The topological polar surface area (TPSA) is 105 Å². The highest BCUT2D eigenvalue weighted by Crippen LogP contribution is 2.45. The molecule has 3 aliphatic heterocycles. The zero-order valence-electron chi connectivity index (χ0n) is 22.4. The van der Waals surface area contributed by atoms with Crippen molar-refractivity contribution in [1.29, 1.82) is 0 Å². The number of esters is 2. The molecule has 2 amide bonds. The van der Waals surface area contributed by atoms with Crippen molar-refractivity contribution in [3.63, 3.8) is 0 Å². The first kappa shape index (κ1) is 26.2. The van der Waals surface area contributed by atoms with E-state index in [9.17, 15) is 19.2 Å². The Kier molecular flexibility index (Phi) is 6.67. The molecule has 3 heterocycles. The molecule has 1 spiro atoms. The molecule has 38 heavy (non-hydrogen) atoms. The number of carbonyl (C=O) groups is 4. The number of carbonyl (C=O) groups excluding carboxylic acids is 4. The van der Waals surface area contributed by atoms with Gasteiger partial charge in [-0.25, -0.2) is 9.80 Å². The number of hydrazine groups is 1. The molecule has 0 aliphatic carbocycles. The Bertz CT molecular complexity index is 1290. The summed E-state index contributed by atoms with van der Waals surface area (Å²) in [6.07, 6.45) is 1.49. The Hall–Kier alpha value is -3.46. The van der Waals surface area contributed by atoms with E-state index in [0.29, 0.717) is 19.4 Å². The van der Waals surface area contributed by atoms with E-state index >= 15 is 0 Å². The lowest BCUT2D eigenvalue weighted by atomic mass is 9.85. The van der Waals surface area contributed by atoms with E-state index in [4.69, 9.17) is 9.47 Å². The van der Waals surface area contributed by atoms with Crippen LogP contribution in [0.4, 0.5) is 0 Å². The van der Waals surface area contributed by atoms with E-state index in [0.717, 1.165) is 16.3 Å². The van der Waals surface area contributed by atoms with Crippen molar-refractivity contribution in [2.75, 3.05) is 13.7 Å². The monoisotopic (exact) mass is 521 g/mol. The van der Waals surface area contributed by atoms with E-state index in [1.165, 1.54) is 17.1 Å². The maximum atomic E-state index is 14.4. The second-order valence-corrected chi connectivity index (χ2v) is 11.5. The number of ether oxygens (including phenoxy) is 2. The first-order chi connectivity index (χ1) is 18.0. The third kappa shape index (κ3) is 4.64. The minimum Gasteiger partial charge on any atom is -0.469 e. The Morgan fingerprint density at radius 2 is 1.79 bits per heavy atom. The van der Waals surface area contributed by atoms with Gasteiger partial charge in [-0.2, -0.15) is 0 Å². The molecule has 2 aromatic carbocycles. The Morgan fingerprint density at radius 1 is 1.05 bits per heavy atom. The number of hydrogen-bond donors (Lipinski definition) is 1. The van der Waals surface area contributed by atoms with Gasteiger partial charge in [0.15, 0.2) is 6.04 Å². The second-order valence-electron chi connectivity index (χ2n) is 11.5. The summed E-state index contributed by atoms with van der Waals surface area (Å²) < 4.78 is 10.8. The summed E-state index contributed by atoms with van der Waals surface area (Å²) in [6.45, 7) is 5.68. The van der Waals surface area contributed by atoms with Gasteiger partial charge in [0.25, 0.3) is 5.91 Å². The minimum atomic E-state index is -1.21. The van der Waals surface area contributed by atoms with Crippen LogP contribution in [0.1, 0.15) is 64.5 Å². The lowest BCUT2D eigenvalue weighted by molar-refractivity contribution is -0.189. The summed E-state index contributed by atoms with van der Waals surface area (Å²) in [6, 6.07) is 12.5. The Balaban J connectivity index is 1.54. The molecular formula is C29H35N3O6. The maximum Gasteiger partial charge on any atom is 0.331 e. The number of nitrogens with zero attached hydrogens (tertiary/aromatic N) is 2. The fourth-order valence-corrected chi connectivity index (χ4v) is 6.05. The van der Waals surface area contributed by atoms with Gasteiger partial charge in [-0.15, -0.1) is 0 Å². The zero-order valence-corrected chi connectivity index (χ0v) is 22.4. The molecule has 0 aromatic heterocycles.